The molecule has 0 saturated carbocycles. The molecule has 2 saturated heterocycles. The molecule has 2 heterocycles. The van der Waals surface area contributed by atoms with Crippen molar-refractivity contribution in [1.29, 1.82) is 0 Å². The largest absolute Gasteiger partial charge is 0.416 e. The summed E-state index contributed by atoms with van der Waals surface area (Å²) in [6.07, 6.45) is -2.99. The summed E-state index contributed by atoms with van der Waals surface area (Å²) in [6, 6.07) is 2.46. The Kier molecular flexibility index (Phi) is 6.51. The summed E-state index contributed by atoms with van der Waals surface area (Å²) >= 11 is 0. The van der Waals surface area contributed by atoms with Crippen LogP contribution in [0.1, 0.15) is 32.3 Å². The summed E-state index contributed by atoms with van der Waals surface area (Å²) in [6.45, 7) is 5.57. The quantitative estimate of drug-likeness (QED) is 0.552. The molecule has 1 aromatic carbocycles. The van der Waals surface area contributed by atoms with Crippen LogP contribution in [0, 0.1) is 16.0 Å². The van der Waals surface area contributed by atoms with Gasteiger partial charge in [-0.05, 0) is 30.9 Å². The molecule has 0 spiro atoms. The molecule has 1 amide bonds. The molecule has 1 aromatic rings. The molecular weight excluding hydrogens is 403 g/mol. The predicted octanol–water partition coefficient (Wildman–Crippen LogP) is 2.54. The van der Waals surface area contributed by atoms with Gasteiger partial charge in [-0.1, -0.05) is 13.8 Å². The number of piperazine rings is 1. The topological polar surface area (TPSA) is 90.8 Å². The lowest BCUT2D eigenvalue weighted by Crippen LogP contribution is -2.53. The SMILES string of the molecule is CC(C)CC1CC(C(=O)N2CCN(c3ccc(C(F)(F)F)cc3[N+](=O)[O-])CC2)NN1. The van der Waals surface area contributed by atoms with Gasteiger partial charge in [-0.3, -0.25) is 20.3 Å². The van der Waals surface area contributed by atoms with Crippen LogP contribution in [-0.2, 0) is 11.0 Å². The van der Waals surface area contributed by atoms with Crippen molar-refractivity contribution in [1.82, 2.24) is 15.8 Å². The number of anilines is 1. The lowest BCUT2D eigenvalue weighted by molar-refractivity contribution is -0.384. The van der Waals surface area contributed by atoms with Gasteiger partial charge >= 0.3 is 6.18 Å². The fourth-order valence-corrected chi connectivity index (χ4v) is 4.01. The van der Waals surface area contributed by atoms with E-state index in [2.05, 4.69) is 24.7 Å². The van der Waals surface area contributed by atoms with Gasteiger partial charge in [-0.15, -0.1) is 0 Å². The molecule has 30 heavy (non-hydrogen) atoms. The van der Waals surface area contributed by atoms with Crippen molar-refractivity contribution >= 4 is 17.3 Å². The zero-order valence-electron chi connectivity index (χ0n) is 16.9. The number of carbonyl (C=O) groups excluding carboxylic acids is 1. The monoisotopic (exact) mass is 429 g/mol. The second-order valence-electron chi connectivity index (χ2n) is 8.17. The first-order chi connectivity index (χ1) is 14.1. The van der Waals surface area contributed by atoms with E-state index >= 15 is 0 Å². The number of amides is 1. The molecule has 2 aliphatic heterocycles. The highest BCUT2D eigenvalue weighted by Crippen LogP contribution is 2.36. The summed E-state index contributed by atoms with van der Waals surface area (Å²) in [5, 5.41) is 11.3. The maximum absolute atomic E-state index is 12.9. The van der Waals surface area contributed by atoms with Crippen molar-refractivity contribution in [2.75, 3.05) is 31.1 Å². The van der Waals surface area contributed by atoms with E-state index in [1.165, 1.54) is 0 Å². The van der Waals surface area contributed by atoms with Crippen LogP contribution in [-0.4, -0.2) is 54.0 Å². The summed E-state index contributed by atoms with van der Waals surface area (Å²) in [5.74, 6) is 0.483. The van der Waals surface area contributed by atoms with E-state index in [0.717, 1.165) is 18.6 Å². The van der Waals surface area contributed by atoms with E-state index in [1.54, 1.807) is 9.80 Å². The molecule has 2 N–H and O–H groups in total. The number of carbonyl (C=O) groups is 1. The standard InChI is InChI=1S/C19H26F3N5O3/c1-12(2)9-14-11-15(24-23-14)18(28)26-7-5-25(6-8-26)16-4-3-13(19(20,21)22)10-17(16)27(29)30/h3-4,10,12,14-15,23-24H,5-9,11H2,1-2H3. The first-order valence-electron chi connectivity index (χ1n) is 9.96. The molecule has 2 atom stereocenters. The maximum atomic E-state index is 12.9. The third-order valence-corrected chi connectivity index (χ3v) is 5.47. The van der Waals surface area contributed by atoms with Crippen molar-refractivity contribution in [2.24, 2.45) is 5.92 Å². The number of nitrogens with one attached hydrogen (secondary N) is 2. The Morgan fingerprint density at radius 2 is 1.90 bits per heavy atom. The lowest BCUT2D eigenvalue weighted by Gasteiger charge is -2.36. The predicted molar refractivity (Wildman–Crippen MR) is 105 cm³/mol. The average molecular weight is 429 g/mol. The average Bonchev–Trinajstić information content (AvgIpc) is 3.14. The number of hydrazine groups is 1. The lowest BCUT2D eigenvalue weighted by atomic mass is 9.99. The molecule has 0 aliphatic carbocycles. The second kappa shape index (κ2) is 8.76. The number of rotatable bonds is 5. The van der Waals surface area contributed by atoms with Crippen molar-refractivity contribution in [3.63, 3.8) is 0 Å². The van der Waals surface area contributed by atoms with Crippen molar-refractivity contribution in [3.8, 4) is 0 Å². The Balaban J connectivity index is 1.63. The molecule has 2 fully saturated rings. The van der Waals surface area contributed by atoms with Gasteiger partial charge in [0.2, 0.25) is 5.91 Å². The normalized spacial score (nSPS) is 22.6. The number of hydrogen-bond donors (Lipinski definition) is 2. The minimum absolute atomic E-state index is 0.0321. The molecule has 3 rings (SSSR count). The molecule has 11 heteroatoms. The van der Waals surface area contributed by atoms with Crippen LogP contribution in [0.4, 0.5) is 24.5 Å². The highest BCUT2D eigenvalue weighted by atomic mass is 19.4. The third kappa shape index (κ3) is 5.01. The van der Waals surface area contributed by atoms with Gasteiger partial charge in [0, 0.05) is 38.3 Å². The minimum atomic E-state index is -4.65. The Hall–Kier alpha value is -2.40. The number of nitro groups is 1. The molecule has 2 aliphatic rings. The zero-order chi connectivity index (χ0) is 22.1. The van der Waals surface area contributed by atoms with Crippen molar-refractivity contribution in [2.45, 2.75) is 44.9 Å². The van der Waals surface area contributed by atoms with Gasteiger partial charge in [0.25, 0.3) is 5.69 Å². The molecule has 0 radical (unpaired) electrons. The maximum Gasteiger partial charge on any atom is 0.416 e. The van der Waals surface area contributed by atoms with Crippen molar-refractivity contribution < 1.29 is 22.9 Å². The molecule has 0 aromatic heterocycles. The Bertz CT molecular complexity index is 794. The fraction of sp³-hybridized carbons (Fsp3) is 0.632. The van der Waals surface area contributed by atoms with Crippen LogP contribution in [0.5, 0.6) is 0 Å². The zero-order valence-corrected chi connectivity index (χ0v) is 16.9. The molecule has 0 bridgehead atoms. The van der Waals surface area contributed by atoms with Crippen molar-refractivity contribution in [3.05, 3.63) is 33.9 Å². The van der Waals surface area contributed by atoms with E-state index in [9.17, 15) is 28.1 Å². The van der Waals surface area contributed by atoms with Gasteiger partial charge < -0.3 is 9.80 Å². The third-order valence-electron chi connectivity index (χ3n) is 5.47. The highest BCUT2D eigenvalue weighted by molar-refractivity contribution is 5.82. The van der Waals surface area contributed by atoms with Gasteiger partial charge in [-0.25, -0.2) is 5.43 Å². The van der Waals surface area contributed by atoms with Crippen LogP contribution in [0.2, 0.25) is 0 Å². The van der Waals surface area contributed by atoms with E-state index in [4.69, 9.17) is 0 Å². The Morgan fingerprint density at radius 1 is 1.23 bits per heavy atom. The van der Waals surface area contributed by atoms with Crippen LogP contribution in [0.15, 0.2) is 18.2 Å². The number of benzene rings is 1. The van der Waals surface area contributed by atoms with Crippen LogP contribution < -0.4 is 15.8 Å². The van der Waals surface area contributed by atoms with Gasteiger partial charge in [-0.2, -0.15) is 13.2 Å². The number of nitrogens with zero attached hydrogens (tertiary/aromatic N) is 3. The van der Waals surface area contributed by atoms with Crippen LogP contribution in [0.3, 0.4) is 0 Å². The molecular formula is C19H26F3N5O3. The van der Waals surface area contributed by atoms with E-state index in [0.29, 0.717) is 44.6 Å². The summed E-state index contributed by atoms with van der Waals surface area (Å²) in [5.41, 5.74) is 4.70. The molecule has 166 valence electrons. The first-order valence-corrected chi connectivity index (χ1v) is 9.96. The highest BCUT2D eigenvalue weighted by Gasteiger charge is 2.36. The summed E-state index contributed by atoms with van der Waals surface area (Å²) < 4.78 is 38.7. The van der Waals surface area contributed by atoms with Crippen LogP contribution in [0.25, 0.3) is 0 Å². The van der Waals surface area contributed by atoms with E-state index in [1.807, 2.05) is 0 Å². The Labute approximate surface area is 172 Å². The number of alkyl halides is 3. The molecule has 2 unspecified atom stereocenters. The summed E-state index contributed by atoms with van der Waals surface area (Å²) in [4.78, 5) is 26.7. The first kappa shape index (κ1) is 22.3. The number of hydrogen-bond acceptors (Lipinski definition) is 6. The van der Waals surface area contributed by atoms with Gasteiger partial charge in [0.1, 0.15) is 11.7 Å². The fourth-order valence-electron chi connectivity index (χ4n) is 4.01. The van der Waals surface area contributed by atoms with Gasteiger partial charge in [0.05, 0.1) is 10.5 Å². The second-order valence-corrected chi connectivity index (χ2v) is 8.17. The van der Waals surface area contributed by atoms with E-state index < -0.39 is 22.4 Å². The number of halogens is 3. The summed E-state index contributed by atoms with van der Waals surface area (Å²) in [7, 11) is 0. The minimum Gasteiger partial charge on any atom is -0.362 e. The van der Waals surface area contributed by atoms with Gasteiger partial charge in [0.15, 0.2) is 0 Å². The van der Waals surface area contributed by atoms with Crippen LogP contribution >= 0.6 is 0 Å². The molecule has 8 nitrogen and oxygen atoms in total. The number of nitro benzene ring substituents is 1. The smallest absolute Gasteiger partial charge is 0.362 e. The Morgan fingerprint density at radius 3 is 2.47 bits per heavy atom. The van der Waals surface area contributed by atoms with E-state index in [-0.39, 0.29) is 23.7 Å².